The van der Waals surface area contributed by atoms with Gasteiger partial charge in [0.05, 0.1) is 0 Å². The molecule has 0 aliphatic heterocycles. The molecule has 0 heterocycles. The summed E-state index contributed by atoms with van der Waals surface area (Å²) in [6.07, 6.45) is 6.04. The van der Waals surface area contributed by atoms with E-state index in [1.54, 1.807) is 0 Å². The van der Waals surface area contributed by atoms with Gasteiger partial charge in [-0.05, 0) is 0 Å². The van der Waals surface area contributed by atoms with Gasteiger partial charge in [0, 0.05) is 0 Å². The van der Waals surface area contributed by atoms with Crippen molar-refractivity contribution in [2.45, 2.75) is 6.04 Å². The molecule has 3 rings (SSSR count). The van der Waals surface area contributed by atoms with Crippen LogP contribution in [0.3, 0.4) is 0 Å². The van der Waals surface area contributed by atoms with Crippen molar-refractivity contribution in [3.05, 3.63) is 106 Å². The second-order valence-corrected chi connectivity index (χ2v) is 7.20. The number of aliphatic imine (C=N–C) groups is 1. The van der Waals surface area contributed by atoms with Crippen molar-refractivity contribution in [2.75, 3.05) is 5.32 Å². The van der Waals surface area contributed by atoms with Crippen molar-refractivity contribution in [1.82, 2.24) is 0 Å². The summed E-state index contributed by atoms with van der Waals surface area (Å²) < 4.78 is 1.08. The Morgan fingerprint density at radius 1 is 1.00 bits per heavy atom. The van der Waals surface area contributed by atoms with Crippen LogP contribution >= 0.6 is 0 Å². The zero-order valence-corrected chi connectivity index (χ0v) is 17.6. The SMILES string of the molecule is C=CC1=C([Se])C(Nc2ccccc2)C(/C=C\[Se])=CC1=Nc1ccccc1. The number of anilines is 1. The van der Waals surface area contributed by atoms with Crippen molar-refractivity contribution in [2.24, 2.45) is 4.99 Å². The third-order valence-corrected chi connectivity index (χ3v) is 5.24. The quantitative estimate of drug-likeness (QED) is 0.644. The number of rotatable bonds is 5. The molecule has 4 heteroatoms. The molecule has 1 N–H and O–H groups in total. The van der Waals surface area contributed by atoms with Crippen LogP contribution in [0.25, 0.3) is 0 Å². The average molecular weight is 468 g/mol. The van der Waals surface area contributed by atoms with Crippen molar-refractivity contribution in [3.8, 4) is 0 Å². The van der Waals surface area contributed by atoms with Crippen molar-refractivity contribution >= 4 is 49.1 Å². The van der Waals surface area contributed by atoms with Gasteiger partial charge in [-0.25, -0.2) is 0 Å². The van der Waals surface area contributed by atoms with Gasteiger partial charge in [0.1, 0.15) is 0 Å². The number of allylic oxidation sites excluding steroid dienone is 3. The first kappa shape index (κ1) is 18.7. The van der Waals surface area contributed by atoms with Crippen LogP contribution in [0.1, 0.15) is 0 Å². The van der Waals surface area contributed by atoms with E-state index in [2.05, 4.69) is 68.2 Å². The molecule has 0 spiro atoms. The number of nitrogens with zero attached hydrogens (tertiary/aromatic N) is 1. The van der Waals surface area contributed by atoms with Gasteiger partial charge in [0.25, 0.3) is 0 Å². The van der Waals surface area contributed by atoms with E-state index in [-0.39, 0.29) is 6.04 Å². The zero-order chi connectivity index (χ0) is 18.4. The van der Waals surface area contributed by atoms with Crippen LogP contribution in [0.5, 0.6) is 0 Å². The molecule has 0 fully saturated rings. The van der Waals surface area contributed by atoms with E-state index in [0.29, 0.717) is 0 Å². The third kappa shape index (κ3) is 4.35. The zero-order valence-electron chi connectivity index (χ0n) is 14.1. The maximum absolute atomic E-state index is 4.81. The van der Waals surface area contributed by atoms with Crippen molar-refractivity contribution in [3.63, 3.8) is 0 Å². The standard InChI is InChI=1S/C22H18N2Se2/c1-2-19-20(23-17-9-5-3-6-10-17)15-16(13-14-25)21(22(19)26)24-18-11-7-4-8-12-18/h2-15,21,24H,1H2/b14-13-,23-20?. The molecule has 0 saturated carbocycles. The minimum absolute atomic E-state index is 0.0183. The fourth-order valence-corrected chi connectivity index (χ4v) is 3.90. The summed E-state index contributed by atoms with van der Waals surface area (Å²) in [6.45, 7) is 4.00. The Balaban J connectivity index is 2.04. The first-order valence-corrected chi connectivity index (χ1v) is 10.1. The molecule has 1 atom stereocenters. The Labute approximate surface area is 171 Å². The number of benzene rings is 2. The van der Waals surface area contributed by atoms with Crippen LogP contribution in [0.2, 0.25) is 0 Å². The monoisotopic (exact) mass is 470 g/mol. The molecule has 2 aromatic carbocycles. The minimum atomic E-state index is 0.0183. The van der Waals surface area contributed by atoms with E-state index < -0.39 is 0 Å². The van der Waals surface area contributed by atoms with Gasteiger partial charge < -0.3 is 0 Å². The fraction of sp³-hybridized carbons (Fsp3) is 0.0455. The number of hydrogen-bond acceptors (Lipinski definition) is 2. The van der Waals surface area contributed by atoms with Gasteiger partial charge in [0.15, 0.2) is 0 Å². The molecule has 0 amide bonds. The van der Waals surface area contributed by atoms with Gasteiger partial charge in [-0.2, -0.15) is 0 Å². The van der Waals surface area contributed by atoms with Crippen LogP contribution in [0.4, 0.5) is 11.4 Å². The van der Waals surface area contributed by atoms with Crippen LogP contribution in [-0.4, -0.2) is 43.8 Å². The molecule has 1 aliphatic rings. The molecular weight excluding hydrogens is 450 g/mol. The summed E-state index contributed by atoms with van der Waals surface area (Å²) in [5, 5.41) is 3.59. The Hall–Kier alpha value is -2.09. The molecule has 1 unspecified atom stereocenters. The molecule has 0 saturated heterocycles. The Kier molecular flexibility index (Phi) is 6.49. The van der Waals surface area contributed by atoms with E-state index in [9.17, 15) is 0 Å². The van der Waals surface area contributed by atoms with E-state index in [1.165, 1.54) is 0 Å². The predicted molar refractivity (Wildman–Crippen MR) is 113 cm³/mol. The van der Waals surface area contributed by atoms with E-state index in [0.717, 1.165) is 32.7 Å². The topological polar surface area (TPSA) is 24.4 Å². The second kappa shape index (κ2) is 9.02. The summed E-state index contributed by atoms with van der Waals surface area (Å²) in [6, 6.07) is 20.2. The van der Waals surface area contributed by atoms with Gasteiger partial charge in [-0.15, -0.1) is 0 Å². The average Bonchev–Trinajstić information content (AvgIpc) is 2.67. The van der Waals surface area contributed by atoms with Crippen molar-refractivity contribution < 1.29 is 0 Å². The van der Waals surface area contributed by atoms with Crippen LogP contribution in [-0.2, 0) is 0 Å². The van der Waals surface area contributed by atoms with Crippen LogP contribution < -0.4 is 5.32 Å². The third-order valence-electron chi connectivity index (χ3n) is 4.00. The van der Waals surface area contributed by atoms with E-state index in [1.807, 2.05) is 59.6 Å². The van der Waals surface area contributed by atoms with Gasteiger partial charge in [-0.3, -0.25) is 0 Å². The molecule has 2 aromatic rings. The summed E-state index contributed by atoms with van der Waals surface area (Å²) in [7, 11) is 0. The Morgan fingerprint density at radius 2 is 1.65 bits per heavy atom. The molecule has 0 aromatic heterocycles. The molecule has 0 bridgehead atoms. The van der Waals surface area contributed by atoms with Crippen molar-refractivity contribution in [1.29, 1.82) is 0 Å². The van der Waals surface area contributed by atoms with Gasteiger partial charge in [0.2, 0.25) is 0 Å². The van der Waals surface area contributed by atoms with Crippen LogP contribution in [0.15, 0.2) is 111 Å². The van der Waals surface area contributed by atoms with E-state index in [4.69, 9.17) is 4.99 Å². The second-order valence-electron chi connectivity index (χ2n) is 5.71. The Bertz CT molecular complexity index is 894. The Morgan fingerprint density at radius 3 is 2.27 bits per heavy atom. The van der Waals surface area contributed by atoms with Crippen LogP contribution in [0, 0.1) is 0 Å². The summed E-state index contributed by atoms with van der Waals surface area (Å²) in [5.41, 5.74) is 5.03. The maximum atomic E-state index is 4.81. The first-order chi connectivity index (χ1) is 12.7. The van der Waals surface area contributed by atoms with Gasteiger partial charge >= 0.3 is 172 Å². The molecule has 2 nitrogen and oxygen atoms in total. The normalized spacial score (nSPS) is 18.8. The van der Waals surface area contributed by atoms with Gasteiger partial charge in [-0.1, -0.05) is 0 Å². The van der Waals surface area contributed by atoms with E-state index >= 15 is 0 Å². The molecular formula is C22H18N2Se2. The predicted octanol–water partition coefficient (Wildman–Crippen LogP) is 4.47. The number of para-hydroxylation sites is 2. The molecule has 2 radical (unpaired) electrons. The first-order valence-electron chi connectivity index (χ1n) is 8.22. The summed E-state index contributed by atoms with van der Waals surface area (Å²) in [4.78, 5) is 6.74. The summed E-state index contributed by atoms with van der Waals surface area (Å²) >= 11 is 6.18. The molecule has 1 aliphatic carbocycles. The number of hydrogen-bond donors (Lipinski definition) is 1. The fourth-order valence-electron chi connectivity index (χ4n) is 2.76. The number of nitrogens with one attached hydrogen (secondary N) is 1. The summed E-state index contributed by atoms with van der Waals surface area (Å²) in [5.74, 6) is 0. The molecule has 26 heavy (non-hydrogen) atoms. The molecule has 128 valence electrons.